The van der Waals surface area contributed by atoms with Gasteiger partial charge in [-0.05, 0) is 0 Å². The molecule has 36 nitrogen and oxygen atoms in total. The van der Waals surface area contributed by atoms with E-state index in [1.165, 1.54) is 0 Å². The van der Waals surface area contributed by atoms with Crippen LogP contribution in [0.4, 0.5) is 26.3 Å². The maximum atomic E-state index is 13.8. The molecule has 0 bridgehead atoms. The number of halogens is 8. The summed E-state index contributed by atoms with van der Waals surface area (Å²) in [5, 5.41) is 101. The number of aliphatic hydroxyl groups excluding tert-OH is 11. The van der Waals surface area contributed by atoms with Gasteiger partial charge in [-0.1, -0.05) is 15.9 Å². The van der Waals surface area contributed by atoms with Crippen molar-refractivity contribution < 1.29 is 106 Å². The van der Waals surface area contributed by atoms with Crippen LogP contribution in [0.25, 0.3) is 0 Å². The molecule has 10 heterocycles. The number of H-pyrrole nitrogens is 5. The number of hydrogen-bond acceptors (Lipinski definition) is 26. The Morgan fingerprint density at radius 3 is 1.04 bits per heavy atom. The van der Waals surface area contributed by atoms with Crippen LogP contribution >= 0.6 is 27.5 Å². The maximum Gasteiger partial charge on any atom is 0.330 e. The predicted molar refractivity (Wildman–Crippen MR) is 304 cm³/mol. The Bertz CT molecular complexity index is 3600. The molecule has 5 saturated heterocycles. The lowest BCUT2D eigenvalue weighted by Crippen LogP contribution is -2.38. The molecule has 524 valence electrons. The lowest BCUT2D eigenvalue weighted by atomic mass is 10.1. The fourth-order valence-electron chi connectivity index (χ4n) is 9.48. The molecule has 0 spiro atoms. The Morgan fingerprint density at radius 2 is 0.702 bits per heavy atom. The van der Waals surface area contributed by atoms with E-state index >= 15 is 0 Å². The van der Waals surface area contributed by atoms with Gasteiger partial charge in [-0.25, -0.2) is 50.3 Å². The van der Waals surface area contributed by atoms with Crippen molar-refractivity contribution in [3.63, 3.8) is 0 Å². The lowest BCUT2D eigenvalue weighted by molar-refractivity contribution is -0.0551. The van der Waals surface area contributed by atoms with E-state index in [-0.39, 0.29) is 40.8 Å². The summed E-state index contributed by atoms with van der Waals surface area (Å²) in [6, 6.07) is 0. The third-order valence-corrected chi connectivity index (χ3v) is 16.1. The van der Waals surface area contributed by atoms with Crippen molar-refractivity contribution in [2.75, 3.05) is 33.0 Å². The molecule has 5 aromatic heterocycles. The fraction of sp³-hybridized carbons (Fsp3) is 0.600. The Balaban J connectivity index is 0.000000186. The van der Waals surface area contributed by atoms with Crippen LogP contribution < -0.4 is 56.2 Å². The van der Waals surface area contributed by atoms with E-state index in [0.717, 1.165) is 49.3 Å². The zero-order chi connectivity index (χ0) is 69.9. The first-order valence-electron chi connectivity index (χ1n) is 27.4. The van der Waals surface area contributed by atoms with E-state index in [4.69, 9.17) is 60.8 Å². The minimum Gasteiger partial charge on any atom is -0.394 e. The van der Waals surface area contributed by atoms with Crippen molar-refractivity contribution in [2.24, 2.45) is 0 Å². The molecule has 5 aliphatic heterocycles. The number of rotatable bonds is 15. The molecule has 44 heteroatoms. The highest BCUT2D eigenvalue weighted by atomic mass is 79.9. The van der Waals surface area contributed by atoms with E-state index in [1.54, 1.807) is 0 Å². The van der Waals surface area contributed by atoms with Crippen LogP contribution in [0, 0.1) is 0 Å². The second-order valence-corrected chi connectivity index (χ2v) is 22.2. The van der Waals surface area contributed by atoms with Crippen LogP contribution in [0.1, 0.15) is 65.4 Å². The van der Waals surface area contributed by atoms with Gasteiger partial charge in [0, 0.05) is 37.4 Å². The summed E-state index contributed by atoms with van der Waals surface area (Å²) in [6.45, 7) is -7.78. The zero-order valence-electron chi connectivity index (χ0n) is 47.9. The standard InChI is InChI=1S/C10H12BrFN2O5.C10H12ClFN2O5.C10H12F2N2O5.C10H13FN2O6.C10H13FN2O5/c2*11-6-7(16)5(3-15)19-9(6)14-2-4(1-12)8(17)13-10(14)18;11-1-4-2-14(10(18)13-8(4)17)9-6(12)7(16)5(3-15)19-9;11-1-4-2-13(10(18)12-8(4)17)9-7(16)6(15)5(3-14)19-9;11-2-5-3-13(10(17)12-9(5)16)8-1-6(15)7(4-14)18-8/h3*2,5-7,9,15-16H,1,3H2,(H,13,17,18);2,5-7,9,14-16H,1,3H2,(H,12,17,18);3,6-8,14-15H,1-2,4H2,(H,12,16,17)/t4*5-,6-,7-,9-;6-,7+,8+/m11110/s1. The van der Waals surface area contributed by atoms with Crippen molar-refractivity contribution in [2.45, 2.75) is 154 Å². The molecule has 0 aliphatic carbocycles. The predicted octanol–water partition coefficient (Wildman–Crippen LogP) is -7.26. The first-order valence-corrected chi connectivity index (χ1v) is 28.7. The number of alkyl halides is 8. The van der Waals surface area contributed by atoms with Gasteiger partial charge in [0.2, 0.25) is 0 Å². The van der Waals surface area contributed by atoms with Gasteiger partial charge in [-0.2, -0.15) is 0 Å². The van der Waals surface area contributed by atoms with Crippen LogP contribution in [0.3, 0.4) is 0 Å². The summed E-state index contributed by atoms with van der Waals surface area (Å²) in [4.78, 5) is 123. The van der Waals surface area contributed by atoms with Crippen molar-refractivity contribution in [1.82, 2.24) is 47.8 Å². The van der Waals surface area contributed by atoms with Crippen LogP contribution in [-0.2, 0) is 57.1 Å². The second-order valence-electron chi connectivity index (χ2n) is 20.7. The molecule has 5 aliphatic rings. The van der Waals surface area contributed by atoms with Crippen molar-refractivity contribution in [3.05, 3.63) is 163 Å². The summed E-state index contributed by atoms with van der Waals surface area (Å²) in [6.07, 6.45) is -15.1. The highest BCUT2D eigenvalue weighted by Gasteiger charge is 2.48. The van der Waals surface area contributed by atoms with Crippen LogP contribution in [-0.4, -0.2) is 220 Å². The third kappa shape index (κ3) is 16.8. The van der Waals surface area contributed by atoms with Gasteiger partial charge in [0.1, 0.15) is 99.9 Å². The summed E-state index contributed by atoms with van der Waals surface area (Å²) in [5.74, 6) is 0. The second kappa shape index (κ2) is 33.7. The number of aromatic amines is 5. The van der Waals surface area contributed by atoms with Gasteiger partial charge in [-0.15, -0.1) is 11.6 Å². The number of nitrogens with one attached hydrogen (secondary N) is 5. The SMILES string of the molecule is O=c1[nH]c(=O)n([C@@H]2O[C@H](CO)[C@@H](O)[C@H]2Br)cc1CF.O=c1[nH]c(=O)n([C@@H]2O[C@H](CO)[C@@H](O)[C@H]2Cl)cc1CF.O=c1[nH]c(=O)n([C@@H]2O[C@H](CO)[C@@H](O)[C@H]2F)cc1CF.O=c1[nH]c(=O)n([C@@H]2O[C@H](CO)[C@@H](O)[C@H]2O)cc1CF.O=c1[nH]c(=O)n([C@H]2C[C@H](O)[C@@H](CO)O2)cc1CF. The summed E-state index contributed by atoms with van der Waals surface area (Å²) < 4.78 is 107. The van der Waals surface area contributed by atoms with Gasteiger partial charge in [-0.3, -0.25) is 71.7 Å². The molecule has 0 unspecified atom stereocenters. The van der Waals surface area contributed by atoms with Crippen LogP contribution in [0.15, 0.2) is 78.9 Å². The minimum absolute atomic E-state index is 0.0862. The number of nitrogens with zero attached hydrogens (tertiary/aromatic N) is 5. The Kier molecular flexibility index (Phi) is 27.3. The fourth-order valence-corrected chi connectivity index (χ4v) is 10.5. The monoisotopic (exact) mass is 1450 g/mol. The van der Waals surface area contributed by atoms with Crippen molar-refractivity contribution in [1.29, 1.82) is 0 Å². The van der Waals surface area contributed by atoms with Gasteiger partial charge in [0.05, 0.1) is 77.9 Å². The molecule has 94 heavy (non-hydrogen) atoms. The average Bonchev–Trinajstić information content (AvgIpc) is 1.59. The van der Waals surface area contributed by atoms with Crippen molar-refractivity contribution in [3.8, 4) is 0 Å². The van der Waals surface area contributed by atoms with Gasteiger partial charge in [0.25, 0.3) is 27.8 Å². The van der Waals surface area contributed by atoms with Gasteiger partial charge in [0.15, 0.2) is 31.1 Å². The highest BCUT2D eigenvalue weighted by Crippen LogP contribution is 2.35. The Hall–Kier alpha value is -6.89. The summed E-state index contributed by atoms with van der Waals surface area (Å²) in [7, 11) is 0. The number of aromatic nitrogens is 10. The van der Waals surface area contributed by atoms with E-state index < -0.39 is 231 Å². The summed E-state index contributed by atoms with van der Waals surface area (Å²) in [5.41, 5.74) is -9.76. The molecule has 16 N–H and O–H groups in total. The molecule has 5 aromatic rings. The number of aliphatic hydroxyl groups is 11. The lowest BCUT2D eigenvalue weighted by Gasteiger charge is -2.17. The molecule has 5 fully saturated rings. The zero-order valence-corrected chi connectivity index (χ0v) is 50.3. The van der Waals surface area contributed by atoms with E-state index in [2.05, 4.69) is 15.9 Å². The molecule has 0 amide bonds. The largest absolute Gasteiger partial charge is 0.394 e. The first-order chi connectivity index (χ1) is 44.5. The van der Waals surface area contributed by atoms with Gasteiger partial charge >= 0.3 is 28.4 Å². The van der Waals surface area contributed by atoms with E-state index in [9.17, 15) is 105 Å². The molecular formula is C50H62BrClF6N10O26. The van der Waals surface area contributed by atoms with Gasteiger partial charge < -0.3 is 79.9 Å². The molecule has 0 radical (unpaired) electrons. The molecule has 10 rings (SSSR count). The summed E-state index contributed by atoms with van der Waals surface area (Å²) >= 11 is 9.07. The Labute approximate surface area is 530 Å². The van der Waals surface area contributed by atoms with E-state index in [1.807, 2.05) is 24.9 Å². The smallest absolute Gasteiger partial charge is 0.330 e. The molecule has 19 atom stereocenters. The maximum absolute atomic E-state index is 13.8. The molecule has 0 saturated carbocycles. The minimum atomic E-state index is -1.98. The van der Waals surface area contributed by atoms with E-state index in [0.29, 0.717) is 4.57 Å². The normalized spacial score (nSPS) is 30.1. The van der Waals surface area contributed by atoms with Crippen LogP contribution in [0.5, 0.6) is 0 Å². The number of ether oxygens (including phenoxy) is 5. The topological polar surface area (TPSA) is 543 Å². The van der Waals surface area contributed by atoms with Crippen LogP contribution in [0.2, 0.25) is 0 Å². The van der Waals surface area contributed by atoms with Crippen molar-refractivity contribution >= 4 is 27.5 Å². The Morgan fingerprint density at radius 1 is 0.404 bits per heavy atom. The molecular weight excluding hydrogens is 1390 g/mol. The number of hydrogen-bond donors (Lipinski definition) is 16. The highest BCUT2D eigenvalue weighted by molar-refractivity contribution is 9.09. The first kappa shape index (κ1) is 76.1. The quantitative estimate of drug-likeness (QED) is 0.0342. The average molecular weight is 1450 g/mol. The third-order valence-electron chi connectivity index (χ3n) is 14.7. The molecule has 0 aromatic carbocycles.